The van der Waals surface area contributed by atoms with Crippen LogP contribution >= 0.6 is 24.8 Å². The third kappa shape index (κ3) is 4.54. The molecule has 1 aromatic heterocycles. The Balaban J connectivity index is 0.00000136. The maximum absolute atomic E-state index is 12.8. The van der Waals surface area contributed by atoms with E-state index in [9.17, 15) is 4.79 Å². The van der Waals surface area contributed by atoms with Gasteiger partial charge in [0.2, 0.25) is 0 Å². The van der Waals surface area contributed by atoms with E-state index in [1.54, 1.807) is 11.1 Å². The van der Waals surface area contributed by atoms with Crippen LogP contribution in [0, 0.1) is 0 Å². The summed E-state index contributed by atoms with van der Waals surface area (Å²) in [6, 6.07) is 20.8. The predicted octanol–water partition coefficient (Wildman–Crippen LogP) is 4.82. The van der Waals surface area contributed by atoms with Crippen LogP contribution < -0.4 is 5.32 Å². The lowest BCUT2D eigenvalue weighted by molar-refractivity contribution is 0.0883. The highest BCUT2D eigenvalue weighted by Crippen LogP contribution is 2.44. The Morgan fingerprint density at radius 1 is 1.00 bits per heavy atom. The Labute approximate surface area is 194 Å². The molecule has 0 saturated carbocycles. The van der Waals surface area contributed by atoms with Gasteiger partial charge in [0.1, 0.15) is 6.61 Å². The number of aromatic nitrogens is 1. The van der Waals surface area contributed by atoms with Gasteiger partial charge in [-0.2, -0.15) is 0 Å². The van der Waals surface area contributed by atoms with E-state index in [1.807, 2.05) is 30.5 Å². The van der Waals surface area contributed by atoms with E-state index < -0.39 is 0 Å². The first-order valence-corrected chi connectivity index (χ1v) is 10.0. The standard InChI is InChI=1S/C24H23N3O2.2ClH/c28-24(27-13-12-26-23(15-27)17-6-5-11-25-14-17)29-16-22-20-9-3-1-7-18(20)19-8-2-4-10-21(19)22;;/h1-11,14,22-23,26H,12-13,15-16H2;2*1H. The molecule has 7 heteroatoms. The SMILES string of the molecule is Cl.Cl.O=C(OCC1c2ccccc2-c2ccccc21)N1CCNC(c2cccnc2)C1. The van der Waals surface area contributed by atoms with Gasteiger partial charge in [0, 0.05) is 37.9 Å². The largest absolute Gasteiger partial charge is 0.448 e. The van der Waals surface area contributed by atoms with Crippen molar-refractivity contribution >= 4 is 30.9 Å². The summed E-state index contributed by atoms with van der Waals surface area (Å²) in [6.07, 6.45) is 3.36. The van der Waals surface area contributed by atoms with E-state index in [0.29, 0.717) is 19.7 Å². The van der Waals surface area contributed by atoms with Crippen molar-refractivity contribution in [1.82, 2.24) is 15.2 Å². The fourth-order valence-electron chi connectivity index (χ4n) is 4.41. The van der Waals surface area contributed by atoms with Gasteiger partial charge in [0.25, 0.3) is 0 Å². The predicted molar refractivity (Wildman–Crippen MR) is 126 cm³/mol. The van der Waals surface area contributed by atoms with E-state index in [-0.39, 0.29) is 42.9 Å². The number of nitrogens with zero attached hydrogens (tertiary/aromatic N) is 2. The number of halogens is 2. The average molecular weight is 458 g/mol. The minimum absolute atomic E-state index is 0. The van der Waals surface area contributed by atoms with Gasteiger partial charge in [-0.3, -0.25) is 4.98 Å². The maximum atomic E-state index is 12.8. The van der Waals surface area contributed by atoms with Crippen LogP contribution in [0.3, 0.4) is 0 Å². The van der Waals surface area contributed by atoms with Gasteiger partial charge in [0.05, 0.1) is 6.04 Å². The van der Waals surface area contributed by atoms with Gasteiger partial charge in [-0.1, -0.05) is 54.6 Å². The summed E-state index contributed by atoms with van der Waals surface area (Å²) in [7, 11) is 0. The lowest BCUT2D eigenvalue weighted by atomic mass is 9.98. The van der Waals surface area contributed by atoms with Crippen molar-refractivity contribution in [2.24, 2.45) is 0 Å². The molecular formula is C24H25Cl2N3O2. The molecule has 2 aliphatic rings. The smallest absolute Gasteiger partial charge is 0.409 e. The molecule has 0 radical (unpaired) electrons. The van der Waals surface area contributed by atoms with Gasteiger partial charge >= 0.3 is 6.09 Å². The number of rotatable bonds is 3. The Morgan fingerprint density at radius 2 is 1.68 bits per heavy atom. The molecule has 1 aliphatic carbocycles. The van der Waals surface area contributed by atoms with Crippen molar-refractivity contribution in [2.45, 2.75) is 12.0 Å². The molecule has 1 atom stereocenters. The highest BCUT2D eigenvalue weighted by Gasteiger charge is 2.31. The molecule has 1 amide bonds. The molecule has 31 heavy (non-hydrogen) atoms. The first-order valence-electron chi connectivity index (χ1n) is 10.0. The Bertz CT molecular complexity index is 987. The highest BCUT2D eigenvalue weighted by atomic mass is 35.5. The Kier molecular flexibility index (Phi) is 7.55. The normalized spacial score (nSPS) is 17.0. The Morgan fingerprint density at radius 3 is 2.32 bits per heavy atom. The third-order valence-corrected chi connectivity index (χ3v) is 5.86. The molecule has 1 unspecified atom stereocenters. The highest BCUT2D eigenvalue weighted by molar-refractivity contribution is 5.85. The number of fused-ring (bicyclic) bond motifs is 3. The van der Waals surface area contributed by atoms with E-state index in [2.05, 4.69) is 46.7 Å². The molecule has 5 nitrogen and oxygen atoms in total. The topological polar surface area (TPSA) is 54.5 Å². The summed E-state index contributed by atoms with van der Waals surface area (Å²) >= 11 is 0. The van der Waals surface area contributed by atoms with Gasteiger partial charge in [-0.25, -0.2) is 4.79 Å². The molecule has 3 aromatic rings. The minimum Gasteiger partial charge on any atom is -0.448 e. The number of carbonyl (C=O) groups excluding carboxylic acids is 1. The minimum atomic E-state index is -0.248. The molecule has 1 fully saturated rings. The second-order valence-corrected chi connectivity index (χ2v) is 7.54. The zero-order valence-electron chi connectivity index (χ0n) is 16.9. The second-order valence-electron chi connectivity index (χ2n) is 7.54. The monoisotopic (exact) mass is 457 g/mol. The number of ether oxygens (including phenoxy) is 1. The summed E-state index contributed by atoms with van der Waals surface area (Å²) in [5.41, 5.74) is 6.03. The summed E-state index contributed by atoms with van der Waals surface area (Å²) in [5, 5.41) is 3.45. The molecule has 0 spiro atoms. The van der Waals surface area contributed by atoms with Crippen LogP contribution in [0.1, 0.15) is 28.7 Å². The van der Waals surface area contributed by atoms with Crippen LogP contribution in [-0.2, 0) is 4.74 Å². The number of benzene rings is 2. The van der Waals surface area contributed by atoms with E-state index in [1.165, 1.54) is 22.3 Å². The quantitative estimate of drug-likeness (QED) is 0.612. The first-order chi connectivity index (χ1) is 14.3. The summed E-state index contributed by atoms with van der Waals surface area (Å²) < 4.78 is 5.81. The number of pyridine rings is 1. The molecule has 0 bridgehead atoms. The van der Waals surface area contributed by atoms with Crippen molar-refractivity contribution in [3.8, 4) is 11.1 Å². The van der Waals surface area contributed by atoms with Crippen molar-refractivity contribution in [1.29, 1.82) is 0 Å². The van der Waals surface area contributed by atoms with Crippen LogP contribution in [0.2, 0.25) is 0 Å². The van der Waals surface area contributed by atoms with E-state index in [0.717, 1.165) is 12.1 Å². The number of piperazine rings is 1. The average Bonchev–Trinajstić information content (AvgIpc) is 3.12. The zero-order chi connectivity index (χ0) is 19.6. The summed E-state index contributed by atoms with van der Waals surface area (Å²) in [5.74, 6) is 0.0865. The molecule has 1 N–H and O–H groups in total. The lowest BCUT2D eigenvalue weighted by Gasteiger charge is -2.33. The van der Waals surface area contributed by atoms with Crippen molar-refractivity contribution in [3.63, 3.8) is 0 Å². The fourth-order valence-corrected chi connectivity index (χ4v) is 4.41. The van der Waals surface area contributed by atoms with Gasteiger partial charge in [-0.05, 0) is 33.9 Å². The third-order valence-electron chi connectivity index (χ3n) is 5.86. The van der Waals surface area contributed by atoms with Crippen LogP contribution in [0.5, 0.6) is 0 Å². The van der Waals surface area contributed by atoms with Gasteiger partial charge < -0.3 is 15.0 Å². The van der Waals surface area contributed by atoms with Crippen LogP contribution in [-0.4, -0.2) is 42.2 Å². The zero-order valence-corrected chi connectivity index (χ0v) is 18.6. The molecule has 1 saturated heterocycles. The lowest BCUT2D eigenvalue weighted by Crippen LogP contribution is -2.48. The summed E-state index contributed by atoms with van der Waals surface area (Å²) in [4.78, 5) is 18.8. The number of nitrogens with one attached hydrogen (secondary N) is 1. The van der Waals surface area contributed by atoms with Crippen molar-refractivity contribution in [3.05, 3.63) is 89.7 Å². The number of hydrogen-bond acceptors (Lipinski definition) is 4. The maximum Gasteiger partial charge on any atom is 0.409 e. The summed E-state index contributed by atoms with van der Waals surface area (Å²) in [6.45, 7) is 2.33. The Hall–Kier alpha value is -2.60. The van der Waals surface area contributed by atoms with Crippen LogP contribution in [0.4, 0.5) is 4.79 Å². The van der Waals surface area contributed by atoms with Crippen molar-refractivity contribution < 1.29 is 9.53 Å². The van der Waals surface area contributed by atoms with E-state index in [4.69, 9.17) is 4.74 Å². The molecule has 2 heterocycles. The number of carbonyl (C=O) groups is 1. The molecule has 1 aliphatic heterocycles. The molecule has 2 aromatic carbocycles. The second kappa shape index (κ2) is 10.1. The molecular weight excluding hydrogens is 433 g/mol. The van der Waals surface area contributed by atoms with Crippen LogP contribution in [0.25, 0.3) is 11.1 Å². The molecule has 162 valence electrons. The number of amides is 1. The number of hydrogen-bond donors (Lipinski definition) is 1. The van der Waals surface area contributed by atoms with Gasteiger partial charge in [-0.15, -0.1) is 24.8 Å². The fraction of sp³-hybridized carbons (Fsp3) is 0.250. The van der Waals surface area contributed by atoms with Crippen molar-refractivity contribution in [2.75, 3.05) is 26.2 Å². The van der Waals surface area contributed by atoms with Crippen LogP contribution in [0.15, 0.2) is 73.1 Å². The first kappa shape index (κ1) is 23.1. The van der Waals surface area contributed by atoms with Gasteiger partial charge in [0.15, 0.2) is 0 Å². The van der Waals surface area contributed by atoms with E-state index >= 15 is 0 Å². The molecule has 5 rings (SSSR count).